The lowest BCUT2D eigenvalue weighted by molar-refractivity contribution is -0.121. The summed E-state index contributed by atoms with van der Waals surface area (Å²) in [6.07, 6.45) is 0.510. The van der Waals surface area contributed by atoms with Crippen molar-refractivity contribution >= 4 is 38.2 Å². The Morgan fingerprint density at radius 2 is 2.14 bits per heavy atom. The van der Waals surface area contributed by atoms with Gasteiger partial charge >= 0.3 is 0 Å². The van der Waals surface area contributed by atoms with Crippen LogP contribution in [-0.2, 0) is 4.79 Å². The highest BCUT2D eigenvalue weighted by atomic mass is 79.9. The number of hydrogen-bond donors (Lipinski definition) is 0. The van der Waals surface area contributed by atoms with Gasteiger partial charge in [-0.3, -0.25) is 4.79 Å². The molecule has 0 rings (SSSR count). The van der Waals surface area contributed by atoms with Crippen molar-refractivity contribution in [3.05, 3.63) is 0 Å². The van der Waals surface area contributed by atoms with E-state index in [9.17, 15) is 4.79 Å². The van der Waals surface area contributed by atoms with Gasteiger partial charge in [0.15, 0.2) is 0 Å². The van der Waals surface area contributed by atoms with E-state index in [1.165, 1.54) is 2.95 Å². The molecule has 0 aromatic rings. The Kier molecular flexibility index (Phi) is 3.65. The second-order valence-electron chi connectivity index (χ2n) is 0.980. The molecule has 0 saturated carbocycles. The molecule has 0 aliphatic rings. The smallest absolute Gasteiger partial charge is 0.242 e. The average molecular weight is 231 g/mol. The lowest BCUT2D eigenvalue weighted by Crippen LogP contribution is -2.06. The van der Waals surface area contributed by atoms with Gasteiger partial charge in [0.05, 0.1) is 32.3 Å². The molecule has 1 amide bonds. The fourth-order valence-electron chi connectivity index (χ4n) is 0.120. The van der Waals surface area contributed by atoms with Crippen LogP contribution in [0.2, 0.25) is 0 Å². The van der Waals surface area contributed by atoms with Gasteiger partial charge in [-0.2, -0.15) is 0 Å². The first-order chi connectivity index (χ1) is 3.18. The molecule has 0 aliphatic heterocycles. The van der Waals surface area contributed by atoms with Crippen molar-refractivity contribution in [2.75, 3.05) is 0 Å². The molecule has 4 heteroatoms. The first kappa shape index (κ1) is 7.43. The second-order valence-corrected chi connectivity index (χ2v) is 3.35. The maximum atomic E-state index is 10.3. The zero-order valence-electron chi connectivity index (χ0n) is 3.82. The highest BCUT2D eigenvalue weighted by Gasteiger charge is 2.00. The van der Waals surface area contributed by atoms with Gasteiger partial charge in [-0.25, -0.2) is 2.95 Å². The number of rotatable bonds is 1. The topological polar surface area (TPSA) is 20.3 Å². The fourth-order valence-corrected chi connectivity index (χ4v) is 0.621. The van der Waals surface area contributed by atoms with Crippen molar-refractivity contribution in [3.63, 3.8) is 0 Å². The van der Waals surface area contributed by atoms with Crippen molar-refractivity contribution in [2.24, 2.45) is 0 Å². The standard InChI is InChI=1S/C3H5Br2NO/c1-2-3(7)6(4)5/h2H2,1H3. The first-order valence-corrected chi connectivity index (χ1v) is 3.25. The molecule has 0 atom stereocenters. The zero-order valence-corrected chi connectivity index (χ0v) is 6.99. The van der Waals surface area contributed by atoms with Gasteiger partial charge in [-0.15, -0.1) is 0 Å². The molecule has 0 fully saturated rings. The lowest BCUT2D eigenvalue weighted by Gasteiger charge is -1.98. The number of halogens is 2. The van der Waals surface area contributed by atoms with Gasteiger partial charge in [-0.1, -0.05) is 6.92 Å². The molecule has 7 heavy (non-hydrogen) atoms. The third-order valence-electron chi connectivity index (χ3n) is 0.491. The Balaban J connectivity index is 3.35. The summed E-state index contributed by atoms with van der Waals surface area (Å²) in [6, 6.07) is 0. The molecule has 0 heterocycles. The van der Waals surface area contributed by atoms with Crippen molar-refractivity contribution in [3.8, 4) is 0 Å². The predicted molar refractivity (Wildman–Crippen MR) is 35.0 cm³/mol. The summed E-state index contributed by atoms with van der Waals surface area (Å²) in [6.45, 7) is 1.79. The van der Waals surface area contributed by atoms with Crippen molar-refractivity contribution in [1.82, 2.24) is 2.95 Å². The maximum Gasteiger partial charge on any atom is 0.242 e. The van der Waals surface area contributed by atoms with Crippen LogP contribution in [0.5, 0.6) is 0 Å². The van der Waals surface area contributed by atoms with E-state index in [0.29, 0.717) is 6.42 Å². The van der Waals surface area contributed by atoms with Gasteiger partial charge < -0.3 is 0 Å². The largest absolute Gasteiger partial charge is 0.273 e. The predicted octanol–water partition coefficient (Wildman–Crippen LogP) is 1.84. The third-order valence-corrected chi connectivity index (χ3v) is 1.28. The molecule has 0 spiro atoms. The Labute approximate surface area is 59.5 Å². The average Bonchev–Trinajstić information content (AvgIpc) is 1.65. The lowest BCUT2D eigenvalue weighted by atomic mass is 10.5. The molecular formula is C3H5Br2NO. The number of carbonyl (C=O) groups excluding carboxylic acids is 1. The molecule has 0 aliphatic carbocycles. The molecule has 0 bridgehead atoms. The monoisotopic (exact) mass is 229 g/mol. The molecule has 42 valence electrons. The summed E-state index contributed by atoms with van der Waals surface area (Å²) in [5.74, 6) is 0.0139. The van der Waals surface area contributed by atoms with E-state index in [0.717, 1.165) is 0 Å². The minimum absolute atomic E-state index is 0.0139. The summed E-state index contributed by atoms with van der Waals surface area (Å²) in [4.78, 5) is 10.3. The molecule has 2 nitrogen and oxygen atoms in total. The van der Waals surface area contributed by atoms with Crippen molar-refractivity contribution in [1.29, 1.82) is 0 Å². The number of nitrogens with zero attached hydrogens (tertiary/aromatic N) is 1. The van der Waals surface area contributed by atoms with Gasteiger partial charge in [-0.05, 0) is 0 Å². The Hall–Kier alpha value is 0.430. The summed E-state index contributed by atoms with van der Waals surface area (Å²) in [5.41, 5.74) is 0. The zero-order chi connectivity index (χ0) is 5.86. The third kappa shape index (κ3) is 3.05. The highest BCUT2D eigenvalue weighted by Crippen LogP contribution is 2.06. The molecule has 0 saturated heterocycles. The number of hydrogen-bond acceptors (Lipinski definition) is 1. The van der Waals surface area contributed by atoms with Crippen LogP contribution in [0.25, 0.3) is 0 Å². The van der Waals surface area contributed by atoms with E-state index in [2.05, 4.69) is 32.3 Å². The van der Waals surface area contributed by atoms with E-state index >= 15 is 0 Å². The van der Waals surface area contributed by atoms with Crippen LogP contribution < -0.4 is 0 Å². The second kappa shape index (κ2) is 3.43. The van der Waals surface area contributed by atoms with Crippen LogP contribution >= 0.6 is 32.3 Å². The van der Waals surface area contributed by atoms with Crippen LogP contribution in [0.1, 0.15) is 13.3 Å². The molecule has 0 radical (unpaired) electrons. The Morgan fingerprint density at radius 1 is 1.71 bits per heavy atom. The van der Waals surface area contributed by atoms with E-state index in [1.807, 2.05) is 0 Å². The van der Waals surface area contributed by atoms with Crippen LogP contribution in [0.3, 0.4) is 0 Å². The summed E-state index contributed by atoms with van der Waals surface area (Å²) in [7, 11) is 0. The van der Waals surface area contributed by atoms with Crippen LogP contribution in [-0.4, -0.2) is 8.86 Å². The molecule has 0 N–H and O–H groups in total. The SMILES string of the molecule is CCC(=O)N(Br)Br. The molecule has 0 aromatic carbocycles. The highest BCUT2D eigenvalue weighted by molar-refractivity contribution is 9.21. The van der Waals surface area contributed by atoms with Gasteiger partial charge in [0.25, 0.3) is 0 Å². The van der Waals surface area contributed by atoms with Gasteiger partial charge in [0.2, 0.25) is 5.91 Å². The summed E-state index contributed by atoms with van der Waals surface area (Å²) >= 11 is 5.80. The minimum atomic E-state index is 0.0139. The number of carbonyl (C=O) groups is 1. The minimum Gasteiger partial charge on any atom is -0.273 e. The maximum absolute atomic E-state index is 10.3. The van der Waals surface area contributed by atoms with Crippen LogP contribution in [0.4, 0.5) is 0 Å². The fraction of sp³-hybridized carbons (Fsp3) is 0.667. The Bertz CT molecular complexity index is 73.3. The van der Waals surface area contributed by atoms with Gasteiger partial charge in [0.1, 0.15) is 0 Å². The van der Waals surface area contributed by atoms with Crippen LogP contribution in [0.15, 0.2) is 0 Å². The summed E-state index contributed by atoms with van der Waals surface area (Å²) in [5, 5.41) is 0. The normalized spacial score (nSPS) is 8.43. The molecular weight excluding hydrogens is 226 g/mol. The van der Waals surface area contributed by atoms with E-state index in [1.54, 1.807) is 6.92 Å². The quantitative estimate of drug-likeness (QED) is 0.630. The van der Waals surface area contributed by atoms with Crippen molar-refractivity contribution < 1.29 is 4.79 Å². The Morgan fingerprint density at radius 3 is 2.14 bits per heavy atom. The van der Waals surface area contributed by atoms with E-state index < -0.39 is 0 Å². The summed E-state index contributed by atoms with van der Waals surface area (Å²) < 4.78 is 1.21. The number of amides is 1. The van der Waals surface area contributed by atoms with Gasteiger partial charge in [0, 0.05) is 6.42 Å². The van der Waals surface area contributed by atoms with Crippen LogP contribution in [0, 0.1) is 0 Å². The van der Waals surface area contributed by atoms with Crippen molar-refractivity contribution in [2.45, 2.75) is 13.3 Å². The van der Waals surface area contributed by atoms with E-state index in [-0.39, 0.29) is 5.91 Å². The van der Waals surface area contributed by atoms with E-state index in [4.69, 9.17) is 0 Å². The first-order valence-electron chi connectivity index (χ1n) is 1.83. The molecule has 0 aromatic heterocycles. The molecule has 0 unspecified atom stereocenters.